The third kappa shape index (κ3) is 4.64. The molecule has 0 saturated heterocycles. The van der Waals surface area contributed by atoms with Gasteiger partial charge < -0.3 is 4.74 Å². The zero-order chi connectivity index (χ0) is 13.5. The summed E-state index contributed by atoms with van der Waals surface area (Å²) in [7, 11) is 0. The van der Waals surface area contributed by atoms with Crippen LogP contribution in [-0.2, 0) is 5.33 Å². The summed E-state index contributed by atoms with van der Waals surface area (Å²) in [6.45, 7) is 5.00. The summed E-state index contributed by atoms with van der Waals surface area (Å²) in [6.07, 6.45) is 2.12. The number of alkyl halides is 1. The molecule has 4 nitrogen and oxygen atoms in total. The highest BCUT2D eigenvalue weighted by Crippen LogP contribution is 2.26. The SMILES string of the molecule is CC(C)CCCOc1ccc([N+](=O)[O-])cc1CBr. The maximum atomic E-state index is 10.7. The number of rotatable bonds is 7. The van der Waals surface area contributed by atoms with Crippen LogP contribution in [0.25, 0.3) is 0 Å². The molecule has 0 unspecified atom stereocenters. The minimum absolute atomic E-state index is 0.0963. The molecule has 100 valence electrons. The van der Waals surface area contributed by atoms with Crippen LogP contribution in [0.1, 0.15) is 32.3 Å². The van der Waals surface area contributed by atoms with Crippen molar-refractivity contribution in [2.75, 3.05) is 6.61 Å². The van der Waals surface area contributed by atoms with Crippen molar-refractivity contribution in [2.45, 2.75) is 32.0 Å². The molecule has 0 spiro atoms. The highest BCUT2D eigenvalue weighted by molar-refractivity contribution is 9.08. The van der Waals surface area contributed by atoms with E-state index in [1.165, 1.54) is 6.07 Å². The molecule has 18 heavy (non-hydrogen) atoms. The minimum Gasteiger partial charge on any atom is -0.493 e. The smallest absolute Gasteiger partial charge is 0.270 e. The number of hydrogen-bond donors (Lipinski definition) is 0. The zero-order valence-electron chi connectivity index (χ0n) is 10.7. The standard InChI is InChI=1S/C13H18BrNO3/c1-10(2)4-3-7-18-13-6-5-12(15(16)17)8-11(13)9-14/h5-6,8,10H,3-4,7,9H2,1-2H3. The Kier molecular flexibility index (Phi) is 6.12. The fraction of sp³-hybridized carbons (Fsp3) is 0.538. The summed E-state index contributed by atoms with van der Waals surface area (Å²) in [5.41, 5.74) is 0.910. The second kappa shape index (κ2) is 7.36. The number of non-ortho nitro benzene ring substituents is 1. The average molecular weight is 316 g/mol. The fourth-order valence-electron chi connectivity index (χ4n) is 1.60. The number of nitro benzene ring substituents is 1. The number of ether oxygens (including phenoxy) is 1. The first-order valence-corrected chi connectivity index (χ1v) is 7.12. The van der Waals surface area contributed by atoms with Crippen molar-refractivity contribution in [2.24, 2.45) is 5.92 Å². The molecule has 0 aromatic heterocycles. The van der Waals surface area contributed by atoms with Crippen LogP contribution in [-0.4, -0.2) is 11.5 Å². The number of halogens is 1. The number of benzene rings is 1. The van der Waals surface area contributed by atoms with Crippen molar-refractivity contribution in [3.05, 3.63) is 33.9 Å². The van der Waals surface area contributed by atoms with Crippen molar-refractivity contribution in [3.8, 4) is 5.75 Å². The van der Waals surface area contributed by atoms with Gasteiger partial charge in [0.05, 0.1) is 11.5 Å². The second-order valence-electron chi connectivity index (χ2n) is 4.57. The molecule has 0 N–H and O–H groups in total. The third-order valence-corrected chi connectivity index (χ3v) is 3.19. The summed E-state index contributed by atoms with van der Waals surface area (Å²) in [6, 6.07) is 4.70. The van der Waals surface area contributed by atoms with Crippen LogP contribution in [0.2, 0.25) is 0 Å². The normalized spacial score (nSPS) is 10.7. The van der Waals surface area contributed by atoms with E-state index in [-0.39, 0.29) is 5.69 Å². The van der Waals surface area contributed by atoms with Gasteiger partial charge in [0, 0.05) is 23.0 Å². The molecule has 5 heteroatoms. The number of hydrogen-bond acceptors (Lipinski definition) is 3. The van der Waals surface area contributed by atoms with Crippen molar-refractivity contribution >= 4 is 21.6 Å². The molecule has 0 aliphatic heterocycles. The molecule has 0 radical (unpaired) electrons. The molecular weight excluding hydrogens is 298 g/mol. The summed E-state index contributed by atoms with van der Waals surface area (Å²) in [5, 5.41) is 11.2. The lowest BCUT2D eigenvalue weighted by atomic mass is 10.1. The van der Waals surface area contributed by atoms with Crippen LogP contribution in [0.5, 0.6) is 5.75 Å². The first-order valence-electron chi connectivity index (χ1n) is 6.00. The van der Waals surface area contributed by atoms with Crippen molar-refractivity contribution in [1.82, 2.24) is 0 Å². The predicted molar refractivity (Wildman–Crippen MR) is 75.3 cm³/mol. The first-order chi connectivity index (χ1) is 8.54. The number of nitrogens with zero attached hydrogens (tertiary/aromatic N) is 1. The van der Waals surface area contributed by atoms with Gasteiger partial charge >= 0.3 is 0 Å². The molecule has 0 heterocycles. The van der Waals surface area contributed by atoms with Crippen LogP contribution < -0.4 is 4.74 Å². The van der Waals surface area contributed by atoms with E-state index < -0.39 is 4.92 Å². The topological polar surface area (TPSA) is 52.4 Å². The average Bonchev–Trinajstić information content (AvgIpc) is 2.34. The maximum Gasteiger partial charge on any atom is 0.270 e. The molecule has 0 amide bonds. The molecule has 1 aromatic carbocycles. The molecule has 1 aromatic rings. The van der Waals surface area contributed by atoms with Crippen molar-refractivity contribution in [3.63, 3.8) is 0 Å². The largest absolute Gasteiger partial charge is 0.493 e. The van der Waals surface area contributed by atoms with Gasteiger partial charge in [0.1, 0.15) is 5.75 Å². The highest BCUT2D eigenvalue weighted by Gasteiger charge is 2.10. The monoisotopic (exact) mass is 315 g/mol. The third-order valence-electron chi connectivity index (χ3n) is 2.58. The molecule has 1 rings (SSSR count). The maximum absolute atomic E-state index is 10.7. The Morgan fingerprint density at radius 1 is 1.44 bits per heavy atom. The van der Waals surface area contributed by atoms with Gasteiger partial charge in [-0.1, -0.05) is 29.8 Å². The van der Waals surface area contributed by atoms with Crippen LogP contribution in [0.15, 0.2) is 18.2 Å². The quantitative estimate of drug-likeness (QED) is 0.326. The summed E-state index contributed by atoms with van der Waals surface area (Å²) >= 11 is 3.32. The van der Waals surface area contributed by atoms with Gasteiger partial charge in [-0.25, -0.2) is 0 Å². The van der Waals surface area contributed by atoms with E-state index in [1.54, 1.807) is 12.1 Å². The molecule has 0 bridgehead atoms. The lowest BCUT2D eigenvalue weighted by Crippen LogP contribution is -2.02. The van der Waals surface area contributed by atoms with Crippen LogP contribution >= 0.6 is 15.9 Å². The van der Waals surface area contributed by atoms with E-state index in [0.29, 0.717) is 17.9 Å². The summed E-state index contributed by atoms with van der Waals surface area (Å²) < 4.78 is 5.66. The van der Waals surface area contributed by atoms with E-state index in [1.807, 2.05) is 0 Å². The second-order valence-corrected chi connectivity index (χ2v) is 5.13. The lowest BCUT2D eigenvalue weighted by molar-refractivity contribution is -0.384. The Bertz CT molecular complexity index is 407. The highest BCUT2D eigenvalue weighted by atomic mass is 79.9. The van der Waals surface area contributed by atoms with E-state index in [9.17, 15) is 10.1 Å². The van der Waals surface area contributed by atoms with Crippen LogP contribution in [0.4, 0.5) is 5.69 Å². The fourth-order valence-corrected chi connectivity index (χ4v) is 2.04. The Labute approximate surface area is 116 Å². The first kappa shape index (κ1) is 15.0. The summed E-state index contributed by atoms with van der Waals surface area (Å²) in [5.74, 6) is 1.39. The van der Waals surface area contributed by atoms with Crippen molar-refractivity contribution in [1.29, 1.82) is 0 Å². The van der Waals surface area contributed by atoms with Gasteiger partial charge in [0.15, 0.2) is 0 Å². The zero-order valence-corrected chi connectivity index (χ0v) is 12.3. The van der Waals surface area contributed by atoms with Gasteiger partial charge in [-0.3, -0.25) is 10.1 Å². The number of nitro groups is 1. The van der Waals surface area contributed by atoms with Crippen molar-refractivity contribution < 1.29 is 9.66 Å². The van der Waals surface area contributed by atoms with Gasteiger partial charge in [-0.15, -0.1) is 0 Å². The van der Waals surface area contributed by atoms with Gasteiger partial charge in [0.2, 0.25) is 0 Å². The van der Waals surface area contributed by atoms with E-state index in [2.05, 4.69) is 29.8 Å². The Morgan fingerprint density at radius 2 is 2.17 bits per heavy atom. The van der Waals surface area contributed by atoms with Crippen LogP contribution in [0.3, 0.4) is 0 Å². The molecule has 0 aliphatic rings. The Balaban J connectivity index is 2.62. The molecule has 0 atom stereocenters. The van der Waals surface area contributed by atoms with E-state index in [0.717, 1.165) is 24.2 Å². The van der Waals surface area contributed by atoms with E-state index in [4.69, 9.17) is 4.74 Å². The molecular formula is C13H18BrNO3. The predicted octanol–water partition coefficient (Wildman–Crippen LogP) is 4.30. The minimum atomic E-state index is -0.394. The Morgan fingerprint density at radius 3 is 2.72 bits per heavy atom. The Hall–Kier alpha value is -1.10. The van der Waals surface area contributed by atoms with Crippen LogP contribution in [0, 0.1) is 16.0 Å². The van der Waals surface area contributed by atoms with Gasteiger partial charge in [-0.05, 0) is 24.8 Å². The summed E-state index contributed by atoms with van der Waals surface area (Å²) in [4.78, 5) is 10.3. The lowest BCUT2D eigenvalue weighted by Gasteiger charge is -2.10. The van der Waals surface area contributed by atoms with Gasteiger partial charge in [-0.2, -0.15) is 0 Å². The molecule has 0 aliphatic carbocycles. The molecule has 0 fully saturated rings. The van der Waals surface area contributed by atoms with E-state index >= 15 is 0 Å². The van der Waals surface area contributed by atoms with Gasteiger partial charge in [0.25, 0.3) is 5.69 Å². The molecule has 0 saturated carbocycles.